The van der Waals surface area contributed by atoms with E-state index in [0.29, 0.717) is 18.6 Å². The summed E-state index contributed by atoms with van der Waals surface area (Å²) >= 11 is 9.70. The van der Waals surface area contributed by atoms with Gasteiger partial charge in [-0.25, -0.2) is 0 Å². The van der Waals surface area contributed by atoms with Crippen molar-refractivity contribution in [3.05, 3.63) is 32.8 Å². The van der Waals surface area contributed by atoms with Gasteiger partial charge >= 0.3 is 0 Å². The highest BCUT2D eigenvalue weighted by Crippen LogP contribution is 2.39. The summed E-state index contributed by atoms with van der Waals surface area (Å²) in [7, 11) is 0. The van der Waals surface area contributed by atoms with E-state index in [0.717, 1.165) is 28.1 Å². The van der Waals surface area contributed by atoms with Gasteiger partial charge in [0.1, 0.15) is 0 Å². The van der Waals surface area contributed by atoms with Crippen molar-refractivity contribution in [2.75, 3.05) is 13.1 Å². The molecule has 0 radical (unpaired) electrons. The van der Waals surface area contributed by atoms with Crippen molar-refractivity contribution in [1.82, 2.24) is 5.32 Å². The second-order valence-corrected chi connectivity index (χ2v) is 5.28. The van der Waals surface area contributed by atoms with Crippen LogP contribution in [0.4, 0.5) is 0 Å². The van der Waals surface area contributed by atoms with Gasteiger partial charge in [0, 0.05) is 29.0 Å². The number of hydrogen-bond donors (Lipinski definition) is 1. The first-order chi connectivity index (χ1) is 7.27. The van der Waals surface area contributed by atoms with Gasteiger partial charge < -0.3 is 10.1 Å². The maximum Gasteiger partial charge on any atom is 0.0784 e. The van der Waals surface area contributed by atoms with Crippen molar-refractivity contribution in [2.45, 2.75) is 18.6 Å². The molecule has 3 rings (SSSR count). The third-order valence-corrected chi connectivity index (χ3v) is 4.55. The molecule has 0 unspecified atom stereocenters. The molecule has 0 aliphatic carbocycles. The highest BCUT2D eigenvalue weighted by molar-refractivity contribution is 9.10. The van der Waals surface area contributed by atoms with Gasteiger partial charge in [-0.05, 0) is 27.6 Å². The van der Waals surface area contributed by atoms with Crippen molar-refractivity contribution in [3.63, 3.8) is 0 Å². The molecule has 1 aromatic rings. The molecule has 0 aromatic heterocycles. The molecular formula is C11H11BrClNO. The fourth-order valence-electron chi connectivity index (χ4n) is 2.43. The molecule has 15 heavy (non-hydrogen) atoms. The third kappa shape index (κ3) is 1.53. The molecule has 0 saturated carbocycles. The van der Waals surface area contributed by atoms with Crippen LogP contribution >= 0.6 is 27.5 Å². The van der Waals surface area contributed by atoms with Gasteiger partial charge in [-0.2, -0.15) is 0 Å². The predicted molar refractivity (Wildman–Crippen MR) is 63.3 cm³/mol. The lowest BCUT2D eigenvalue weighted by atomic mass is 9.90. The van der Waals surface area contributed by atoms with Gasteiger partial charge in [0.05, 0.1) is 17.7 Å². The largest absolute Gasteiger partial charge is 0.371 e. The Kier molecular flexibility index (Phi) is 2.51. The van der Waals surface area contributed by atoms with E-state index in [1.165, 1.54) is 5.56 Å². The Labute approximate surface area is 102 Å². The van der Waals surface area contributed by atoms with Crippen LogP contribution in [-0.2, 0) is 11.3 Å². The van der Waals surface area contributed by atoms with Gasteiger partial charge in [-0.15, -0.1) is 0 Å². The Balaban J connectivity index is 2.11. The quantitative estimate of drug-likeness (QED) is 0.792. The normalized spacial score (nSPS) is 28.7. The van der Waals surface area contributed by atoms with Gasteiger partial charge in [0.15, 0.2) is 0 Å². The van der Waals surface area contributed by atoms with Crippen LogP contribution < -0.4 is 5.32 Å². The summed E-state index contributed by atoms with van der Waals surface area (Å²) in [6.07, 6.45) is 0.328. The second kappa shape index (κ2) is 3.74. The summed E-state index contributed by atoms with van der Waals surface area (Å²) in [6, 6.07) is 4.19. The number of fused-ring (bicyclic) bond motifs is 3. The molecule has 1 N–H and O–H groups in total. The molecule has 2 atom stereocenters. The van der Waals surface area contributed by atoms with Crippen LogP contribution in [0, 0.1) is 0 Å². The molecule has 2 nitrogen and oxygen atoms in total. The zero-order valence-corrected chi connectivity index (χ0v) is 10.4. The van der Waals surface area contributed by atoms with E-state index in [2.05, 4.69) is 27.3 Å². The van der Waals surface area contributed by atoms with Crippen molar-refractivity contribution >= 4 is 27.5 Å². The zero-order chi connectivity index (χ0) is 10.4. The molecule has 2 aliphatic heterocycles. The lowest BCUT2D eigenvalue weighted by Gasteiger charge is -2.28. The van der Waals surface area contributed by atoms with Gasteiger partial charge in [0.25, 0.3) is 0 Å². The van der Waals surface area contributed by atoms with Crippen molar-refractivity contribution in [1.29, 1.82) is 0 Å². The van der Waals surface area contributed by atoms with Crippen LogP contribution in [-0.4, -0.2) is 19.2 Å². The van der Waals surface area contributed by atoms with E-state index in [1.54, 1.807) is 0 Å². The molecule has 0 bridgehead atoms. The molecule has 4 heteroatoms. The van der Waals surface area contributed by atoms with Crippen molar-refractivity contribution in [3.8, 4) is 0 Å². The minimum Gasteiger partial charge on any atom is -0.371 e. The minimum absolute atomic E-state index is 0.328. The Morgan fingerprint density at radius 3 is 3.13 bits per heavy atom. The molecule has 1 fully saturated rings. The highest BCUT2D eigenvalue weighted by atomic mass is 79.9. The lowest BCUT2D eigenvalue weighted by molar-refractivity contribution is 0.0299. The van der Waals surface area contributed by atoms with E-state index >= 15 is 0 Å². The molecule has 0 spiro atoms. The van der Waals surface area contributed by atoms with E-state index in [4.69, 9.17) is 16.3 Å². The number of halogens is 2. The van der Waals surface area contributed by atoms with E-state index in [-0.39, 0.29) is 0 Å². The number of nitrogens with one attached hydrogen (secondary N) is 1. The fourth-order valence-corrected chi connectivity index (χ4v) is 3.03. The maximum absolute atomic E-state index is 6.25. The fraction of sp³-hybridized carbons (Fsp3) is 0.455. The molecule has 1 aromatic carbocycles. The molecule has 2 heterocycles. The number of ether oxygens (including phenoxy) is 1. The van der Waals surface area contributed by atoms with Crippen LogP contribution in [0.2, 0.25) is 5.02 Å². The first kappa shape index (κ1) is 10.1. The first-order valence-electron chi connectivity index (χ1n) is 5.06. The summed E-state index contributed by atoms with van der Waals surface area (Å²) in [5.74, 6) is 0.472. The minimum atomic E-state index is 0.328. The topological polar surface area (TPSA) is 21.3 Å². The first-order valence-corrected chi connectivity index (χ1v) is 6.23. The van der Waals surface area contributed by atoms with Crippen molar-refractivity contribution < 1.29 is 4.74 Å². The summed E-state index contributed by atoms with van der Waals surface area (Å²) in [6.45, 7) is 2.59. The molecule has 1 saturated heterocycles. The number of benzene rings is 1. The smallest absolute Gasteiger partial charge is 0.0784 e. The number of rotatable bonds is 0. The summed E-state index contributed by atoms with van der Waals surface area (Å²) < 4.78 is 6.75. The van der Waals surface area contributed by atoms with Crippen LogP contribution in [0.3, 0.4) is 0 Å². The van der Waals surface area contributed by atoms with E-state index in [1.807, 2.05) is 6.07 Å². The van der Waals surface area contributed by atoms with Crippen LogP contribution in [0.5, 0.6) is 0 Å². The molecular weight excluding hydrogens is 277 g/mol. The average Bonchev–Trinajstić information content (AvgIpc) is 2.71. The van der Waals surface area contributed by atoms with Crippen LogP contribution in [0.25, 0.3) is 0 Å². The Bertz CT molecular complexity index is 410. The second-order valence-electron chi connectivity index (χ2n) is 4.04. The molecule has 2 aliphatic rings. The molecule has 80 valence electrons. The Morgan fingerprint density at radius 2 is 2.27 bits per heavy atom. The third-order valence-electron chi connectivity index (χ3n) is 3.23. The molecule has 0 amide bonds. The zero-order valence-electron chi connectivity index (χ0n) is 8.09. The lowest BCUT2D eigenvalue weighted by Crippen LogP contribution is -2.27. The SMILES string of the molecule is Clc1c(Br)ccc2c1CO[C@@H]1CNC[C@@H]21. The maximum atomic E-state index is 6.25. The summed E-state index contributed by atoms with van der Waals surface area (Å²) in [5, 5.41) is 4.16. The summed E-state index contributed by atoms with van der Waals surface area (Å²) in [5.41, 5.74) is 2.50. The van der Waals surface area contributed by atoms with E-state index < -0.39 is 0 Å². The van der Waals surface area contributed by atoms with Crippen LogP contribution in [0.1, 0.15) is 17.0 Å². The predicted octanol–water partition coefficient (Wildman–Crippen LogP) is 2.69. The highest BCUT2D eigenvalue weighted by Gasteiger charge is 2.35. The van der Waals surface area contributed by atoms with Crippen LogP contribution in [0.15, 0.2) is 16.6 Å². The average molecular weight is 289 g/mol. The summed E-state index contributed by atoms with van der Waals surface area (Å²) in [4.78, 5) is 0. The Morgan fingerprint density at radius 1 is 1.40 bits per heavy atom. The Hall–Kier alpha value is -0.0900. The van der Waals surface area contributed by atoms with Gasteiger partial charge in [0.2, 0.25) is 0 Å². The van der Waals surface area contributed by atoms with Gasteiger partial charge in [-0.3, -0.25) is 0 Å². The van der Waals surface area contributed by atoms with Gasteiger partial charge in [-0.1, -0.05) is 17.7 Å². The number of hydrogen-bond acceptors (Lipinski definition) is 2. The van der Waals surface area contributed by atoms with Crippen molar-refractivity contribution in [2.24, 2.45) is 0 Å². The standard InChI is InChI=1S/C11H11BrClNO/c12-9-2-1-6-7-3-14-4-10(7)15-5-8(6)11(9)13/h1-2,7,10,14H,3-5H2/t7-,10+/m0/s1. The monoisotopic (exact) mass is 287 g/mol. The van der Waals surface area contributed by atoms with E-state index in [9.17, 15) is 0 Å².